The molecule has 11 heteroatoms. The van der Waals surface area contributed by atoms with Gasteiger partial charge in [-0.15, -0.1) is 0 Å². The molecule has 0 atom stereocenters. The molecular formula is C31H37N5O6. The van der Waals surface area contributed by atoms with E-state index < -0.39 is 17.2 Å². The number of nitrogens with zero attached hydrogens (tertiary/aromatic N) is 3. The van der Waals surface area contributed by atoms with Gasteiger partial charge in [0.1, 0.15) is 16.9 Å². The third kappa shape index (κ3) is 6.09. The van der Waals surface area contributed by atoms with Crippen molar-refractivity contribution in [2.45, 2.75) is 58.6 Å². The van der Waals surface area contributed by atoms with Crippen molar-refractivity contribution in [3.8, 4) is 5.75 Å². The zero-order chi connectivity index (χ0) is 30.2. The second kappa shape index (κ2) is 11.1. The standard InChI is InChI=1S/C31H37N5O6/c1-30(2,3)42-29(40)32-31(4,5)28(39)36-13-11-35(12-14-36)27(38)23-17-19(16-20-10-15-41-25(20)23)18-24-21-8-6-7-9-22(21)26(37)34-33-24/h6-9,16-17H,10-15,18H2,1-5H3,(H,32,40)(H,34,37). The van der Waals surface area contributed by atoms with Gasteiger partial charge in [0.05, 0.1) is 23.3 Å². The molecule has 0 aliphatic carbocycles. The number of piperazine rings is 1. The highest BCUT2D eigenvalue weighted by Gasteiger charge is 2.37. The van der Waals surface area contributed by atoms with E-state index in [1.807, 2.05) is 30.3 Å². The van der Waals surface area contributed by atoms with E-state index in [9.17, 15) is 19.2 Å². The number of nitrogens with one attached hydrogen (secondary N) is 2. The van der Waals surface area contributed by atoms with Crippen LogP contribution in [0.25, 0.3) is 10.8 Å². The van der Waals surface area contributed by atoms with Crippen molar-refractivity contribution in [1.29, 1.82) is 0 Å². The maximum absolute atomic E-state index is 13.8. The van der Waals surface area contributed by atoms with Crippen LogP contribution in [-0.2, 0) is 22.4 Å². The third-order valence-corrected chi connectivity index (χ3v) is 7.42. The van der Waals surface area contributed by atoms with Crippen molar-refractivity contribution in [2.75, 3.05) is 32.8 Å². The van der Waals surface area contributed by atoms with E-state index in [0.29, 0.717) is 62.3 Å². The average molecular weight is 576 g/mol. The molecular weight excluding hydrogens is 538 g/mol. The Hall–Kier alpha value is -4.41. The third-order valence-electron chi connectivity index (χ3n) is 7.42. The number of hydrogen-bond acceptors (Lipinski definition) is 7. The second-order valence-electron chi connectivity index (χ2n) is 12.3. The molecule has 222 valence electrons. The molecule has 0 bridgehead atoms. The Bertz CT molecular complexity index is 1600. The Morgan fingerprint density at radius 3 is 2.36 bits per heavy atom. The first-order valence-corrected chi connectivity index (χ1v) is 14.2. The predicted octanol–water partition coefficient (Wildman–Crippen LogP) is 3.04. The number of aromatic amines is 1. The van der Waals surface area contributed by atoms with Crippen LogP contribution in [0.1, 0.15) is 61.8 Å². The summed E-state index contributed by atoms with van der Waals surface area (Å²) < 4.78 is 11.2. The number of hydrogen-bond donors (Lipinski definition) is 2. The topological polar surface area (TPSA) is 134 Å². The molecule has 3 aromatic rings. The van der Waals surface area contributed by atoms with Gasteiger partial charge in [-0.1, -0.05) is 24.3 Å². The van der Waals surface area contributed by atoms with Crippen molar-refractivity contribution in [1.82, 2.24) is 25.3 Å². The number of carbonyl (C=O) groups excluding carboxylic acids is 3. The number of fused-ring (bicyclic) bond motifs is 2. The van der Waals surface area contributed by atoms with Gasteiger partial charge >= 0.3 is 6.09 Å². The predicted molar refractivity (Wildman–Crippen MR) is 157 cm³/mol. The first-order chi connectivity index (χ1) is 19.8. The molecule has 2 N–H and O–H groups in total. The highest BCUT2D eigenvalue weighted by atomic mass is 16.6. The number of H-pyrrole nitrogens is 1. The summed E-state index contributed by atoms with van der Waals surface area (Å²) in [7, 11) is 0. The van der Waals surface area contributed by atoms with Crippen LogP contribution in [0, 0.1) is 0 Å². The Balaban J connectivity index is 1.30. The zero-order valence-corrected chi connectivity index (χ0v) is 24.7. The molecule has 2 aromatic carbocycles. The van der Waals surface area contributed by atoms with Gasteiger partial charge in [0.15, 0.2) is 0 Å². The van der Waals surface area contributed by atoms with E-state index >= 15 is 0 Å². The van der Waals surface area contributed by atoms with E-state index in [1.54, 1.807) is 50.5 Å². The van der Waals surface area contributed by atoms with Gasteiger partial charge in [0, 0.05) is 44.4 Å². The maximum Gasteiger partial charge on any atom is 0.408 e. The van der Waals surface area contributed by atoms with Gasteiger partial charge in [-0.3, -0.25) is 14.4 Å². The fourth-order valence-electron chi connectivity index (χ4n) is 5.43. The number of ether oxygens (including phenoxy) is 2. The van der Waals surface area contributed by atoms with Crippen LogP contribution in [0.3, 0.4) is 0 Å². The Morgan fingerprint density at radius 2 is 1.67 bits per heavy atom. The molecule has 42 heavy (non-hydrogen) atoms. The molecule has 2 aliphatic heterocycles. The second-order valence-corrected chi connectivity index (χ2v) is 12.3. The van der Waals surface area contributed by atoms with Crippen LogP contribution in [0.4, 0.5) is 4.79 Å². The quantitative estimate of drug-likeness (QED) is 0.478. The molecule has 0 unspecified atom stereocenters. The first kappa shape index (κ1) is 29.1. The molecule has 2 aliphatic rings. The number of alkyl carbamates (subject to hydrolysis) is 1. The fourth-order valence-corrected chi connectivity index (χ4v) is 5.43. The van der Waals surface area contributed by atoms with Crippen molar-refractivity contribution in [3.63, 3.8) is 0 Å². The van der Waals surface area contributed by atoms with Gasteiger partial charge in [0.2, 0.25) is 5.91 Å². The summed E-state index contributed by atoms with van der Waals surface area (Å²) in [4.78, 5) is 54.9. The van der Waals surface area contributed by atoms with E-state index in [-0.39, 0.29) is 17.4 Å². The minimum absolute atomic E-state index is 0.160. The van der Waals surface area contributed by atoms with Gasteiger partial charge in [0.25, 0.3) is 11.5 Å². The monoisotopic (exact) mass is 575 g/mol. The van der Waals surface area contributed by atoms with Crippen LogP contribution >= 0.6 is 0 Å². The molecule has 1 fully saturated rings. The van der Waals surface area contributed by atoms with Crippen LogP contribution in [0.2, 0.25) is 0 Å². The van der Waals surface area contributed by atoms with E-state index in [4.69, 9.17) is 9.47 Å². The summed E-state index contributed by atoms with van der Waals surface area (Å²) in [6.07, 6.45) is 0.478. The molecule has 1 saturated heterocycles. The highest BCUT2D eigenvalue weighted by molar-refractivity contribution is 5.98. The van der Waals surface area contributed by atoms with Gasteiger partial charge in [-0.2, -0.15) is 5.10 Å². The van der Waals surface area contributed by atoms with E-state index in [0.717, 1.165) is 22.2 Å². The Labute approximate surface area is 244 Å². The summed E-state index contributed by atoms with van der Waals surface area (Å²) >= 11 is 0. The SMILES string of the molecule is CC(C)(C)OC(=O)NC(C)(C)C(=O)N1CCN(C(=O)c2cc(Cc3n[nH]c(=O)c4ccccc34)cc3c2OCC3)CC1. The van der Waals surface area contributed by atoms with Crippen LogP contribution in [0.5, 0.6) is 5.75 Å². The highest BCUT2D eigenvalue weighted by Crippen LogP contribution is 2.33. The first-order valence-electron chi connectivity index (χ1n) is 14.2. The minimum Gasteiger partial charge on any atom is -0.492 e. The lowest BCUT2D eigenvalue weighted by molar-refractivity contribution is -0.138. The van der Waals surface area contributed by atoms with Crippen molar-refractivity contribution in [3.05, 3.63) is 69.1 Å². The zero-order valence-electron chi connectivity index (χ0n) is 24.7. The number of carbonyl (C=O) groups is 3. The van der Waals surface area contributed by atoms with Gasteiger partial charge < -0.3 is 24.6 Å². The summed E-state index contributed by atoms with van der Waals surface area (Å²) in [5.74, 6) is 0.198. The summed E-state index contributed by atoms with van der Waals surface area (Å²) in [5.41, 5.74) is 0.981. The molecule has 5 rings (SSSR count). The average Bonchev–Trinajstić information content (AvgIpc) is 3.41. The molecule has 3 amide bonds. The molecule has 11 nitrogen and oxygen atoms in total. The van der Waals surface area contributed by atoms with Gasteiger partial charge in [-0.05, 0) is 57.9 Å². The lowest BCUT2D eigenvalue weighted by atomic mass is 9.97. The molecule has 0 saturated carbocycles. The van der Waals surface area contributed by atoms with E-state index in [2.05, 4.69) is 15.5 Å². The summed E-state index contributed by atoms with van der Waals surface area (Å²) in [6.45, 7) is 10.4. The number of benzene rings is 2. The van der Waals surface area contributed by atoms with Gasteiger partial charge in [-0.25, -0.2) is 9.89 Å². The number of amides is 3. The van der Waals surface area contributed by atoms with Crippen molar-refractivity contribution < 1.29 is 23.9 Å². The normalized spacial score (nSPS) is 15.3. The van der Waals surface area contributed by atoms with Crippen LogP contribution in [-0.4, -0.2) is 81.8 Å². The Kier molecular flexibility index (Phi) is 7.70. The van der Waals surface area contributed by atoms with Crippen molar-refractivity contribution >= 4 is 28.7 Å². The summed E-state index contributed by atoms with van der Waals surface area (Å²) in [6, 6.07) is 11.2. The molecule has 1 aromatic heterocycles. The number of aromatic nitrogens is 2. The number of rotatable bonds is 5. The largest absolute Gasteiger partial charge is 0.492 e. The molecule has 0 spiro atoms. The fraction of sp³-hybridized carbons (Fsp3) is 0.452. The smallest absolute Gasteiger partial charge is 0.408 e. The van der Waals surface area contributed by atoms with Crippen LogP contribution < -0.4 is 15.6 Å². The minimum atomic E-state index is -1.17. The molecule has 0 radical (unpaired) electrons. The summed E-state index contributed by atoms with van der Waals surface area (Å²) in [5, 5.41) is 10.9. The van der Waals surface area contributed by atoms with E-state index in [1.165, 1.54) is 0 Å². The van der Waals surface area contributed by atoms with Crippen LogP contribution in [0.15, 0.2) is 41.2 Å². The Morgan fingerprint density at radius 1 is 1.00 bits per heavy atom. The maximum atomic E-state index is 13.8. The lowest BCUT2D eigenvalue weighted by Crippen LogP contribution is -2.60. The van der Waals surface area contributed by atoms with Crippen molar-refractivity contribution in [2.24, 2.45) is 0 Å². The lowest BCUT2D eigenvalue weighted by Gasteiger charge is -2.39. The molecule has 3 heterocycles.